The number of carbonyl (C=O) groups is 2. The van der Waals surface area contributed by atoms with Crippen LogP contribution in [0.25, 0.3) is 0 Å². The zero-order chi connectivity index (χ0) is 20.5. The van der Waals surface area contributed by atoms with Gasteiger partial charge in [-0.1, -0.05) is 42.5 Å². The topological polar surface area (TPSA) is 68.2 Å². The Balaban J connectivity index is 1.48. The number of hydrogen-bond donors (Lipinski definition) is 1. The summed E-state index contributed by atoms with van der Waals surface area (Å²) in [7, 11) is 1.69. The number of rotatable bonds is 4. The van der Waals surface area contributed by atoms with Crippen molar-refractivity contribution in [1.29, 1.82) is 0 Å². The summed E-state index contributed by atoms with van der Waals surface area (Å²) < 4.78 is 0. The van der Waals surface area contributed by atoms with E-state index in [4.69, 9.17) is 4.99 Å². The van der Waals surface area contributed by atoms with Gasteiger partial charge in [-0.3, -0.25) is 10.1 Å². The Labute approximate surface area is 172 Å². The fraction of sp³-hybridized carbons (Fsp3) is 0.500. The van der Waals surface area contributed by atoms with E-state index in [0.29, 0.717) is 12.5 Å². The highest BCUT2D eigenvalue weighted by Gasteiger charge is 2.49. The maximum absolute atomic E-state index is 12.6. The third-order valence-corrected chi connectivity index (χ3v) is 6.04. The van der Waals surface area contributed by atoms with Crippen LogP contribution in [0.2, 0.25) is 0 Å². The summed E-state index contributed by atoms with van der Waals surface area (Å²) in [5, 5.41) is 2.45. The standard InChI is InChI=1S/C22H29N5O2/c1-15(2)14-27-18-19(25(3)22(29)24-20(18)28)23-21(27)26-11-9-17(10-12-26)13-16-7-5-4-6-8-16/h4-8,17-19H,1,9-14H2,2-3H3,(H,24,28,29). The first kappa shape index (κ1) is 19.5. The number of aliphatic imine (C=N–C) groups is 1. The molecule has 1 N–H and O–H groups in total. The van der Waals surface area contributed by atoms with Crippen molar-refractivity contribution >= 4 is 17.9 Å². The Morgan fingerprint density at radius 1 is 1.21 bits per heavy atom. The molecule has 0 aliphatic carbocycles. The molecule has 2 unspecified atom stereocenters. The minimum absolute atomic E-state index is 0.280. The molecular weight excluding hydrogens is 366 g/mol. The van der Waals surface area contributed by atoms with E-state index in [1.165, 1.54) is 10.5 Å². The van der Waals surface area contributed by atoms with Gasteiger partial charge in [0.05, 0.1) is 0 Å². The molecule has 2 saturated heterocycles. The van der Waals surface area contributed by atoms with Crippen LogP contribution in [0.4, 0.5) is 4.79 Å². The summed E-state index contributed by atoms with van der Waals surface area (Å²) >= 11 is 0. The van der Waals surface area contributed by atoms with Gasteiger partial charge in [0.2, 0.25) is 0 Å². The second kappa shape index (κ2) is 7.89. The van der Waals surface area contributed by atoms with Crippen molar-refractivity contribution in [3.63, 3.8) is 0 Å². The Kier molecular flexibility index (Phi) is 5.30. The Morgan fingerprint density at radius 3 is 2.55 bits per heavy atom. The second-order valence-electron chi connectivity index (χ2n) is 8.40. The Morgan fingerprint density at radius 2 is 1.90 bits per heavy atom. The van der Waals surface area contributed by atoms with E-state index in [1.54, 1.807) is 7.05 Å². The number of nitrogens with zero attached hydrogens (tertiary/aromatic N) is 4. The average Bonchev–Trinajstić information content (AvgIpc) is 3.07. The molecule has 29 heavy (non-hydrogen) atoms. The maximum Gasteiger partial charge on any atom is 0.325 e. The van der Waals surface area contributed by atoms with E-state index in [1.807, 2.05) is 11.8 Å². The van der Waals surface area contributed by atoms with Crippen molar-refractivity contribution < 1.29 is 9.59 Å². The molecule has 1 aromatic carbocycles. The maximum atomic E-state index is 12.6. The van der Waals surface area contributed by atoms with E-state index < -0.39 is 18.2 Å². The van der Waals surface area contributed by atoms with Crippen molar-refractivity contribution in [3.8, 4) is 0 Å². The molecule has 3 heterocycles. The molecule has 154 valence electrons. The molecule has 2 atom stereocenters. The number of carbonyl (C=O) groups excluding carboxylic acids is 2. The number of nitrogens with one attached hydrogen (secondary N) is 1. The van der Waals surface area contributed by atoms with E-state index in [2.05, 4.69) is 47.1 Å². The van der Waals surface area contributed by atoms with Crippen molar-refractivity contribution in [2.75, 3.05) is 26.7 Å². The summed E-state index contributed by atoms with van der Waals surface area (Å²) in [6, 6.07) is 9.74. The van der Waals surface area contributed by atoms with Gasteiger partial charge in [-0.15, -0.1) is 0 Å². The molecule has 0 aromatic heterocycles. The van der Waals surface area contributed by atoms with Gasteiger partial charge in [0.1, 0.15) is 0 Å². The quantitative estimate of drug-likeness (QED) is 0.793. The number of hydrogen-bond acceptors (Lipinski definition) is 5. The second-order valence-corrected chi connectivity index (χ2v) is 8.40. The molecule has 7 nitrogen and oxygen atoms in total. The number of guanidine groups is 1. The van der Waals surface area contributed by atoms with E-state index in [0.717, 1.165) is 43.9 Å². The molecule has 0 saturated carbocycles. The first-order valence-corrected chi connectivity index (χ1v) is 10.3. The monoisotopic (exact) mass is 395 g/mol. The fourth-order valence-electron chi connectivity index (χ4n) is 4.52. The third kappa shape index (κ3) is 3.86. The molecule has 4 rings (SSSR count). The predicted octanol–water partition coefficient (Wildman–Crippen LogP) is 2.07. The number of benzene rings is 1. The van der Waals surface area contributed by atoms with Crippen LogP contribution in [-0.4, -0.2) is 71.5 Å². The highest BCUT2D eigenvalue weighted by atomic mass is 16.2. The molecule has 7 heteroatoms. The van der Waals surface area contributed by atoms with Crippen LogP contribution in [0.5, 0.6) is 0 Å². The van der Waals surface area contributed by atoms with Crippen LogP contribution in [0, 0.1) is 5.92 Å². The van der Waals surface area contributed by atoms with Gasteiger partial charge in [-0.05, 0) is 37.7 Å². The zero-order valence-electron chi connectivity index (χ0n) is 17.2. The highest BCUT2D eigenvalue weighted by Crippen LogP contribution is 2.29. The van der Waals surface area contributed by atoms with E-state index in [-0.39, 0.29) is 5.91 Å². The summed E-state index contributed by atoms with van der Waals surface area (Å²) in [5.41, 5.74) is 2.35. The predicted molar refractivity (Wildman–Crippen MR) is 112 cm³/mol. The van der Waals surface area contributed by atoms with E-state index >= 15 is 0 Å². The molecule has 3 amide bonds. The van der Waals surface area contributed by atoms with Crippen LogP contribution in [0.1, 0.15) is 25.3 Å². The van der Waals surface area contributed by atoms with Crippen molar-refractivity contribution in [2.45, 2.75) is 38.4 Å². The molecule has 3 aliphatic heterocycles. The van der Waals surface area contributed by atoms with E-state index in [9.17, 15) is 9.59 Å². The lowest BCUT2D eigenvalue weighted by Gasteiger charge is -2.39. The summed E-state index contributed by atoms with van der Waals surface area (Å²) in [5.74, 6) is 1.19. The smallest absolute Gasteiger partial charge is 0.325 e. The van der Waals surface area contributed by atoms with Gasteiger partial charge in [-0.2, -0.15) is 0 Å². The first-order chi connectivity index (χ1) is 13.9. The van der Waals surface area contributed by atoms with Gasteiger partial charge in [-0.25, -0.2) is 9.79 Å². The lowest BCUT2D eigenvalue weighted by Crippen LogP contribution is -2.64. The Bertz CT molecular complexity index is 829. The van der Waals surface area contributed by atoms with Gasteiger partial charge in [0.15, 0.2) is 18.2 Å². The Hall–Kier alpha value is -2.83. The fourth-order valence-corrected chi connectivity index (χ4v) is 4.52. The van der Waals surface area contributed by atoms with Crippen LogP contribution >= 0.6 is 0 Å². The lowest BCUT2D eigenvalue weighted by molar-refractivity contribution is -0.127. The number of likely N-dealkylation sites (N-methyl/N-ethyl adjacent to an activating group) is 1. The molecular formula is C22H29N5O2. The van der Waals surface area contributed by atoms with Crippen LogP contribution in [0.15, 0.2) is 47.5 Å². The average molecular weight is 396 g/mol. The first-order valence-electron chi connectivity index (χ1n) is 10.3. The normalized spacial score (nSPS) is 25.0. The number of amides is 3. The SMILES string of the molecule is C=C(C)CN1C(N2CCC(Cc3ccccc3)CC2)=NC2C1C(=O)NC(=O)N2C. The van der Waals surface area contributed by atoms with Crippen LogP contribution < -0.4 is 5.32 Å². The summed E-state index contributed by atoms with van der Waals surface area (Å²) in [4.78, 5) is 35.3. The molecule has 0 radical (unpaired) electrons. The largest absolute Gasteiger partial charge is 0.343 e. The van der Waals surface area contributed by atoms with Crippen molar-refractivity contribution in [1.82, 2.24) is 20.0 Å². The summed E-state index contributed by atoms with van der Waals surface area (Å²) in [6.07, 6.45) is 2.80. The lowest BCUT2D eigenvalue weighted by atomic mass is 9.90. The van der Waals surface area contributed by atoms with Gasteiger partial charge in [0.25, 0.3) is 5.91 Å². The number of urea groups is 1. The van der Waals surface area contributed by atoms with Crippen molar-refractivity contribution in [2.24, 2.45) is 10.9 Å². The van der Waals surface area contributed by atoms with Gasteiger partial charge in [0, 0.05) is 26.7 Å². The minimum Gasteiger partial charge on any atom is -0.343 e. The summed E-state index contributed by atoms with van der Waals surface area (Å²) in [6.45, 7) is 8.34. The zero-order valence-corrected chi connectivity index (χ0v) is 17.2. The number of imide groups is 1. The molecule has 2 fully saturated rings. The minimum atomic E-state index is -0.494. The molecule has 0 bridgehead atoms. The van der Waals surface area contributed by atoms with Gasteiger partial charge < -0.3 is 14.7 Å². The van der Waals surface area contributed by atoms with Crippen LogP contribution in [0.3, 0.4) is 0 Å². The number of fused-ring (bicyclic) bond motifs is 1. The third-order valence-electron chi connectivity index (χ3n) is 6.04. The molecule has 3 aliphatic rings. The molecule has 1 aromatic rings. The number of piperidine rings is 1. The molecule has 0 spiro atoms. The van der Waals surface area contributed by atoms with Crippen molar-refractivity contribution in [3.05, 3.63) is 48.0 Å². The van der Waals surface area contributed by atoms with Crippen LogP contribution in [-0.2, 0) is 11.2 Å². The highest BCUT2D eigenvalue weighted by molar-refractivity contribution is 6.03. The van der Waals surface area contributed by atoms with Gasteiger partial charge >= 0.3 is 6.03 Å². The number of likely N-dealkylation sites (tertiary alicyclic amines) is 1.